The molecule has 0 heterocycles. The van der Waals surface area contributed by atoms with Crippen LogP contribution in [0.2, 0.25) is 0 Å². The van der Waals surface area contributed by atoms with Gasteiger partial charge in [0.1, 0.15) is 6.04 Å². The summed E-state index contributed by atoms with van der Waals surface area (Å²) in [5, 5.41) is 13.6. The van der Waals surface area contributed by atoms with Gasteiger partial charge in [-0.1, -0.05) is 42.5 Å². The van der Waals surface area contributed by atoms with Crippen molar-refractivity contribution in [2.45, 2.75) is 25.8 Å². The van der Waals surface area contributed by atoms with Crippen molar-refractivity contribution in [2.24, 2.45) is 0 Å². The van der Waals surface area contributed by atoms with Crippen LogP contribution >= 0.6 is 0 Å². The molecule has 0 radical (unpaired) electrons. The van der Waals surface area contributed by atoms with Crippen LogP contribution in [-0.4, -0.2) is 35.6 Å². The average molecular weight is 329 g/mol. The molecule has 0 saturated carbocycles. The maximum atomic E-state index is 12.1. The van der Waals surface area contributed by atoms with Gasteiger partial charge in [-0.15, -0.1) is 0 Å². The Morgan fingerprint density at radius 3 is 2.50 bits per heavy atom. The molecule has 0 saturated heterocycles. The summed E-state index contributed by atoms with van der Waals surface area (Å²) in [6.07, 6.45) is -0.357. The van der Waals surface area contributed by atoms with Gasteiger partial charge < -0.3 is 15.2 Å². The number of ether oxygens (including phenoxy) is 1. The smallest absolute Gasteiger partial charge is 0.326 e. The topological polar surface area (TPSA) is 92.7 Å². The molecule has 0 spiro atoms. The molecule has 0 fully saturated rings. The minimum atomic E-state index is -1.29. The second-order valence-electron chi connectivity index (χ2n) is 5.33. The number of amides is 1. The van der Waals surface area contributed by atoms with Crippen LogP contribution < -0.4 is 5.32 Å². The van der Waals surface area contributed by atoms with Crippen molar-refractivity contribution in [1.82, 2.24) is 5.32 Å². The summed E-state index contributed by atoms with van der Waals surface area (Å²) in [5.74, 6) is -2.38. The van der Waals surface area contributed by atoms with E-state index in [1.54, 1.807) is 6.92 Å². The zero-order chi connectivity index (χ0) is 17.5. The van der Waals surface area contributed by atoms with Crippen LogP contribution in [0.4, 0.5) is 0 Å². The Morgan fingerprint density at radius 1 is 1.12 bits per heavy atom. The van der Waals surface area contributed by atoms with Crippen molar-refractivity contribution in [2.75, 3.05) is 6.61 Å². The Kier molecular flexibility index (Phi) is 5.89. The third kappa shape index (κ3) is 4.81. The fourth-order valence-corrected chi connectivity index (χ4v) is 2.37. The number of rotatable bonds is 7. The van der Waals surface area contributed by atoms with Crippen molar-refractivity contribution in [1.29, 1.82) is 0 Å². The maximum Gasteiger partial charge on any atom is 0.326 e. The molecule has 2 rings (SSSR count). The monoisotopic (exact) mass is 329 g/mol. The van der Waals surface area contributed by atoms with Crippen molar-refractivity contribution in [3.05, 3.63) is 48.0 Å². The molecule has 2 N–H and O–H groups in total. The van der Waals surface area contributed by atoms with E-state index in [2.05, 4.69) is 5.32 Å². The summed E-state index contributed by atoms with van der Waals surface area (Å²) >= 11 is 0. The minimum Gasteiger partial charge on any atom is -0.480 e. The van der Waals surface area contributed by atoms with E-state index in [-0.39, 0.29) is 13.0 Å². The zero-order valence-electron chi connectivity index (χ0n) is 13.3. The first-order chi connectivity index (χ1) is 11.5. The molecule has 126 valence electrons. The Labute approximate surface area is 139 Å². The van der Waals surface area contributed by atoms with Crippen LogP contribution in [0.3, 0.4) is 0 Å². The molecule has 1 atom stereocenters. The van der Waals surface area contributed by atoms with Crippen molar-refractivity contribution in [3.8, 4) is 0 Å². The fraction of sp³-hybridized carbons (Fsp3) is 0.278. The molecule has 24 heavy (non-hydrogen) atoms. The highest BCUT2D eigenvalue weighted by atomic mass is 16.5. The summed E-state index contributed by atoms with van der Waals surface area (Å²) in [4.78, 5) is 34.7. The molecule has 6 nitrogen and oxygen atoms in total. The van der Waals surface area contributed by atoms with Crippen molar-refractivity contribution >= 4 is 28.6 Å². The molecule has 2 aromatic rings. The van der Waals surface area contributed by atoms with E-state index in [0.29, 0.717) is 0 Å². The lowest BCUT2D eigenvalue weighted by molar-refractivity contribution is -0.150. The second-order valence-corrected chi connectivity index (χ2v) is 5.33. The molecule has 6 heteroatoms. The predicted molar refractivity (Wildman–Crippen MR) is 88.5 cm³/mol. The normalized spacial score (nSPS) is 11.7. The van der Waals surface area contributed by atoms with E-state index in [1.165, 1.54) is 0 Å². The number of carbonyl (C=O) groups excluding carboxylic acids is 2. The number of aliphatic carboxylic acids is 1. The molecular weight excluding hydrogens is 310 g/mol. The summed E-state index contributed by atoms with van der Waals surface area (Å²) in [6, 6.07) is 12.1. The third-order valence-electron chi connectivity index (χ3n) is 3.49. The maximum absolute atomic E-state index is 12.1. The first-order valence-electron chi connectivity index (χ1n) is 7.65. The standard InChI is InChI=1S/C18H19NO5/c1-2-24-17(21)11-15(18(22)23)19-16(20)10-12-7-8-13-5-3-4-6-14(13)9-12/h3-9,15H,2,10-11H2,1H3,(H,19,20)(H,22,23)/t15-/m0/s1. The predicted octanol–water partition coefficient (Wildman–Crippen LogP) is 1.90. The molecule has 1 amide bonds. The highest BCUT2D eigenvalue weighted by molar-refractivity contribution is 5.89. The molecule has 0 aliphatic heterocycles. The molecule has 0 aliphatic carbocycles. The highest BCUT2D eigenvalue weighted by Crippen LogP contribution is 2.16. The quantitative estimate of drug-likeness (QED) is 0.757. The lowest BCUT2D eigenvalue weighted by Crippen LogP contribution is -2.43. The summed E-state index contributed by atoms with van der Waals surface area (Å²) < 4.78 is 4.72. The summed E-state index contributed by atoms with van der Waals surface area (Å²) in [6.45, 7) is 1.79. The van der Waals surface area contributed by atoms with Gasteiger partial charge in [-0.3, -0.25) is 9.59 Å². The Balaban J connectivity index is 2.01. The molecule has 0 unspecified atom stereocenters. The van der Waals surface area contributed by atoms with Gasteiger partial charge in [-0.05, 0) is 23.3 Å². The SMILES string of the molecule is CCOC(=O)C[C@H](NC(=O)Cc1ccc2ccccc2c1)C(=O)O. The van der Waals surface area contributed by atoms with Crippen LogP contribution in [0, 0.1) is 0 Å². The van der Waals surface area contributed by atoms with E-state index < -0.39 is 30.3 Å². The number of hydrogen-bond acceptors (Lipinski definition) is 4. The highest BCUT2D eigenvalue weighted by Gasteiger charge is 2.24. The van der Waals surface area contributed by atoms with Crippen LogP contribution in [0.1, 0.15) is 18.9 Å². The van der Waals surface area contributed by atoms with Gasteiger partial charge in [0.25, 0.3) is 0 Å². The van der Waals surface area contributed by atoms with Gasteiger partial charge in [-0.25, -0.2) is 4.79 Å². The van der Waals surface area contributed by atoms with Gasteiger partial charge in [-0.2, -0.15) is 0 Å². The molecule has 0 aromatic heterocycles. The molecule has 2 aromatic carbocycles. The lowest BCUT2D eigenvalue weighted by Gasteiger charge is -2.14. The fourth-order valence-electron chi connectivity index (χ4n) is 2.37. The van der Waals surface area contributed by atoms with E-state index in [1.807, 2.05) is 42.5 Å². The van der Waals surface area contributed by atoms with Gasteiger partial charge in [0.05, 0.1) is 19.4 Å². The average Bonchev–Trinajstić information content (AvgIpc) is 2.54. The number of hydrogen-bond donors (Lipinski definition) is 2. The number of nitrogens with one attached hydrogen (secondary N) is 1. The van der Waals surface area contributed by atoms with E-state index in [4.69, 9.17) is 9.84 Å². The molecule has 0 bridgehead atoms. The van der Waals surface area contributed by atoms with Gasteiger partial charge in [0.2, 0.25) is 5.91 Å². The Morgan fingerprint density at radius 2 is 1.83 bits per heavy atom. The van der Waals surface area contributed by atoms with Gasteiger partial charge >= 0.3 is 11.9 Å². The van der Waals surface area contributed by atoms with Gasteiger partial charge in [0.15, 0.2) is 0 Å². The van der Waals surface area contributed by atoms with E-state index in [0.717, 1.165) is 16.3 Å². The number of carboxylic acid groups (broad SMARTS) is 1. The molecular formula is C18H19NO5. The Bertz CT molecular complexity index is 756. The second kappa shape index (κ2) is 8.10. The van der Waals surface area contributed by atoms with Crippen LogP contribution in [0.25, 0.3) is 10.8 Å². The van der Waals surface area contributed by atoms with Crippen LogP contribution in [-0.2, 0) is 25.5 Å². The summed E-state index contributed by atoms with van der Waals surface area (Å²) in [5.41, 5.74) is 0.770. The van der Waals surface area contributed by atoms with Gasteiger partial charge in [0, 0.05) is 0 Å². The van der Waals surface area contributed by atoms with E-state index in [9.17, 15) is 14.4 Å². The van der Waals surface area contributed by atoms with Crippen LogP contribution in [0.5, 0.6) is 0 Å². The number of carbonyl (C=O) groups is 3. The largest absolute Gasteiger partial charge is 0.480 e. The van der Waals surface area contributed by atoms with E-state index >= 15 is 0 Å². The number of benzene rings is 2. The zero-order valence-corrected chi connectivity index (χ0v) is 13.3. The van der Waals surface area contributed by atoms with Crippen molar-refractivity contribution < 1.29 is 24.2 Å². The number of esters is 1. The summed E-state index contributed by atoms with van der Waals surface area (Å²) in [7, 11) is 0. The lowest BCUT2D eigenvalue weighted by atomic mass is 10.0. The third-order valence-corrected chi connectivity index (χ3v) is 3.49. The number of fused-ring (bicyclic) bond motifs is 1. The minimum absolute atomic E-state index is 0.0391. The van der Waals surface area contributed by atoms with Crippen molar-refractivity contribution in [3.63, 3.8) is 0 Å². The first kappa shape index (κ1) is 17.5. The van der Waals surface area contributed by atoms with Crippen LogP contribution in [0.15, 0.2) is 42.5 Å². The number of carboxylic acids is 1. The molecule has 0 aliphatic rings. The first-order valence-corrected chi connectivity index (χ1v) is 7.65. The Hall–Kier alpha value is -2.89.